The van der Waals surface area contributed by atoms with E-state index in [1.54, 1.807) is 7.05 Å². The molecule has 7 heteroatoms. The maximum atomic E-state index is 5.44. The smallest absolute Gasteiger partial charge is 0.231 e. The van der Waals surface area contributed by atoms with Gasteiger partial charge in [0.25, 0.3) is 0 Å². The zero-order valence-corrected chi connectivity index (χ0v) is 16.9. The lowest BCUT2D eigenvalue weighted by molar-refractivity contribution is 0.174. The Morgan fingerprint density at radius 2 is 1.83 bits per heavy atom. The maximum absolute atomic E-state index is 5.44. The first kappa shape index (κ1) is 18.9. The Bertz CT molecular complexity index is 1050. The maximum Gasteiger partial charge on any atom is 0.231 e. The molecule has 0 atom stereocenters. The lowest BCUT2D eigenvalue weighted by Crippen LogP contribution is -2.36. The molecule has 0 saturated heterocycles. The van der Waals surface area contributed by atoms with Crippen LogP contribution in [0.1, 0.15) is 11.1 Å². The Hall–Kier alpha value is -3.48. The Balaban J connectivity index is 1.44. The van der Waals surface area contributed by atoms with E-state index in [1.165, 1.54) is 5.56 Å². The first-order valence-electron chi connectivity index (χ1n) is 9.53. The number of guanidine groups is 1. The fourth-order valence-corrected chi connectivity index (χ4v) is 3.24. The summed E-state index contributed by atoms with van der Waals surface area (Å²) in [6, 6.07) is 16.2. The summed E-state index contributed by atoms with van der Waals surface area (Å²) >= 11 is 0. The van der Waals surface area contributed by atoms with Gasteiger partial charge in [0.05, 0.1) is 5.52 Å². The molecule has 1 aliphatic heterocycles. The second kappa shape index (κ2) is 8.26. The standard InChI is InChI=1S/C22H25N5O2/c1-23-22(24-12-15-8-9-19-20(10-15)29-14-28-19)25-13-16-11-21(27(2)3)26-18-7-5-4-6-17(16)18/h4-11H,12-14H2,1-3H3,(H2,23,24,25). The molecule has 150 valence electrons. The zero-order chi connectivity index (χ0) is 20.2. The molecule has 2 aromatic carbocycles. The van der Waals surface area contributed by atoms with Crippen molar-refractivity contribution in [3.63, 3.8) is 0 Å². The third-order valence-corrected chi connectivity index (χ3v) is 4.81. The van der Waals surface area contributed by atoms with Crippen molar-refractivity contribution in [3.8, 4) is 11.5 Å². The topological polar surface area (TPSA) is 71.0 Å². The van der Waals surface area contributed by atoms with Gasteiger partial charge in [0.1, 0.15) is 5.82 Å². The molecule has 29 heavy (non-hydrogen) atoms. The van der Waals surface area contributed by atoms with Crippen molar-refractivity contribution in [1.82, 2.24) is 15.6 Å². The first-order valence-corrected chi connectivity index (χ1v) is 9.53. The molecule has 4 rings (SSSR count). The van der Waals surface area contributed by atoms with Crippen molar-refractivity contribution >= 4 is 22.7 Å². The lowest BCUT2D eigenvalue weighted by atomic mass is 10.1. The molecule has 0 unspecified atom stereocenters. The zero-order valence-electron chi connectivity index (χ0n) is 16.9. The number of aliphatic imine (C=N–C) groups is 1. The molecule has 0 aliphatic carbocycles. The fourth-order valence-electron chi connectivity index (χ4n) is 3.24. The van der Waals surface area contributed by atoms with Crippen LogP contribution in [0.5, 0.6) is 11.5 Å². The van der Waals surface area contributed by atoms with E-state index in [1.807, 2.05) is 55.4 Å². The number of nitrogens with one attached hydrogen (secondary N) is 2. The molecule has 0 bridgehead atoms. The van der Waals surface area contributed by atoms with Crippen LogP contribution in [0.4, 0.5) is 5.82 Å². The van der Waals surface area contributed by atoms with Crippen LogP contribution in [0.25, 0.3) is 10.9 Å². The highest BCUT2D eigenvalue weighted by Crippen LogP contribution is 2.32. The first-order chi connectivity index (χ1) is 14.1. The van der Waals surface area contributed by atoms with E-state index in [-0.39, 0.29) is 6.79 Å². The average molecular weight is 391 g/mol. The number of hydrogen-bond acceptors (Lipinski definition) is 5. The predicted octanol–water partition coefficient (Wildman–Crippen LogP) is 2.89. The molecule has 0 radical (unpaired) electrons. The van der Waals surface area contributed by atoms with Crippen molar-refractivity contribution in [2.45, 2.75) is 13.1 Å². The van der Waals surface area contributed by atoms with Crippen LogP contribution in [-0.2, 0) is 13.1 Å². The van der Waals surface area contributed by atoms with E-state index in [0.717, 1.165) is 39.7 Å². The van der Waals surface area contributed by atoms with Gasteiger partial charge >= 0.3 is 0 Å². The lowest BCUT2D eigenvalue weighted by Gasteiger charge is -2.17. The second-order valence-electron chi connectivity index (χ2n) is 7.02. The number of benzene rings is 2. The van der Waals surface area contributed by atoms with E-state index >= 15 is 0 Å². The Labute approximate surface area is 170 Å². The fraction of sp³-hybridized carbons (Fsp3) is 0.273. The molecule has 0 saturated carbocycles. The van der Waals surface area contributed by atoms with Crippen LogP contribution in [0.2, 0.25) is 0 Å². The van der Waals surface area contributed by atoms with Crippen LogP contribution in [0.3, 0.4) is 0 Å². The number of rotatable bonds is 5. The molecular formula is C22H25N5O2. The largest absolute Gasteiger partial charge is 0.454 e. The number of fused-ring (bicyclic) bond motifs is 2. The molecule has 3 aromatic rings. The van der Waals surface area contributed by atoms with E-state index in [4.69, 9.17) is 14.5 Å². The minimum atomic E-state index is 0.282. The van der Waals surface area contributed by atoms with Gasteiger partial charge in [-0.15, -0.1) is 0 Å². The number of aromatic nitrogens is 1. The highest BCUT2D eigenvalue weighted by molar-refractivity contribution is 5.85. The number of ether oxygens (including phenoxy) is 2. The number of nitrogens with zero attached hydrogens (tertiary/aromatic N) is 3. The van der Waals surface area contributed by atoms with Crippen LogP contribution >= 0.6 is 0 Å². The SMILES string of the molecule is CN=C(NCc1ccc2c(c1)OCO2)NCc1cc(N(C)C)nc2ccccc12. The molecule has 0 amide bonds. The van der Waals surface area contributed by atoms with Crippen LogP contribution < -0.4 is 25.0 Å². The molecule has 1 aromatic heterocycles. The van der Waals surface area contributed by atoms with Crippen molar-refractivity contribution in [2.75, 3.05) is 32.8 Å². The average Bonchev–Trinajstić information content (AvgIpc) is 3.21. The molecule has 7 nitrogen and oxygen atoms in total. The minimum Gasteiger partial charge on any atom is -0.454 e. The van der Waals surface area contributed by atoms with Crippen molar-refractivity contribution in [3.05, 3.63) is 59.7 Å². The molecule has 0 fully saturated rings. The summed E-state index contributed by atoms with van der Waals surface area (Å²) < 4.78 is 10.8. The quantitative estimate of drug-likeness (QED) is 0.515. The van der Waals surface area contributed by atoms with Crippen molar-refractivity contribution in [1.29, 1.82) is 0 Å². The highest BCUT2D eigenvalue weighted by atomic mass is 16.7. The van der Waals surface area contributed by atoms with Crippen molar-refractivity contribution < 1.29 is 9.47 Å². The monoisotopic (exact) mass is 391 g/mol. The van der Waals surface area contributed by atoms with Crippen LogP contribution in [0, 0.1) is 0 Å². The summed E-state index contributed by atoms with van der Waals surface area (Å²) in [5.41, 5.74) is 3.26. The van der Waals surface area contributed by atoms with E-state index in [0.29, 0.717) is 13.1 Å². The number of para-hydroxylation sites is 1. The molecule has 2 heterocycles. The predicted molar refractivity (Wildman–Crippen MR) is 116 cm³/mol. The van der Waals surface area contributed by atoms with Crippen LogP contribution in [0.15, 0.2) is 53.5 Å². The van der Waals surface area contributed by atoms with Gasteiger partial charge in [-0.1, -0.05) is 24.3 Å². The van der Waals surface area contributed by atoms with E-state index in [2.05, 4.69) is 27.8 Å². The van der Waals surface area contributed by atoms with Crippen molar-refractivity contribution in [2.24, 2.45) is 4.99 Å². The van der Waals surface area contributed by atoms with Gasteiger partial charge in [-0.2, -0.15) is 0 Å². The molecular weight excluding hydrogens is 366 g/mol. The van der Waals surface area contributed by atoms with Gasteiger partial charge in [-0.3, -0.25) is 4.99 Å². The number of pyridine rings is 1. The second-order valence-corrected chi connectivity index (χ2v) is 7.02. The molecule has 0 spiro atoms. The van der Waals surface area contributed by atoms with E-state index in [9.17, 15) is 0 Å². The Kier molecular flexibility index (Phi) is 5.37. The van der Waals surface area contributed by atoms with Gasteiger partial charge in [0, 0.05) is 39.6 Å². The summed E-state index contributed by atoms with van der Waals surface area (Å²) in [4.78, 5) is 11.1. The van der Waals surface area contributed by atoms with Crippen LogP contribution in [-0.4, -0.2) is 38.9 Å². The molecule has 2 N–H and O–H groups in total. The van der Waals surface area contributed by atoms with Gasteiger partial charge in [0.2, 0.25) is 6.79 Å². The summed E-state index contributed by atoms with van der Waals surface area (Å²) in [5, 5.41) is 7.89. The highest BCUT2D eigenvalue weighted by Gasteiger charge is 2.13. The minimum absolute atomic E-state index is 0.282. The van der Waals surface area contributed by atoms with E-state index < -0.39 is 0 Å². The van der Waals surface area contributed by atoms with Gasteiger partial charge in [-0.25, -0.2) is 4.98 Å². The Morgan fingerprint density at radius 1 is 1.03 bits per heavy atom. The normalized spacial score (nSPS) is 12.9. The van der Waals surface area contributed by atoms with Gasteiger partial charge in [0.15, 0.2) is 17.5 Å². The van der Waals surface area contributed by atoms with Gasteiger partial charge < -0.3 is 25.0 Å². The summed E-state index contributed by atoms with van der Waals surface area (Å²) in [7, 11) is 5.77. The third kappa shape index (κ3) is 4.18. The summed E-state index contributed by atoms with van der Waals surface area (Å²) in [6.45, 7) is 1.56. The third-order valence-electron chi connectivity index (χ3n) is 4.81. The Morgan fingerprint density at radius 3 is 2.66 bits per heavy atom. The molecule has 1 aliphatic rings. The summed E-state index contributed by atoms with van der Waals surface area (Å²) in [6.07, 6.45) is 0. The summed E-state index contributed by atoms with van der Waals surface area (Å²) in [5.74, 6) is 3.24. The number of anilines is 1. The number of hydrogen-bond donors (Lipinski definition) is 2. The van der Waals surface area contributed by atoms with Gasteiger partial charge in [-0.05, 0) is 35.4 Å².